The largest absolute Gasteiger partial charge is 0.384 e. The van der Waals surface area contributed by atoms with Crippen molar-refractivity contribution in [3.05, 3.63) is 23.9 Å². The number of anilines is 1. The van der Waals surface area contributed by atoms with E-state index >= 15 is 0 Å². The van der Waals surface area contributed by atoms with Crippen LogP contribution in [0, 0.1) is 5.92 Å². The molecule has 0 saturated carbocycles. The van der Waals surface area contributed by atoms with Gasteiger partial charge in [-0.1, -0.05) is 26.7 Å². The van der Waals surface area contributed by atoms with Gasteiger partial charge >= 0.3 is 0 Å². The highest BCUT2D eigenvalue weighted by atomic mass is 16.1. The molecule has 0 radical (unpaired) electrons. The van der Waals surface area contributed by atoms with Crippen molar-refractivity contribution < 1.29 is 4.79 Å². The predicted octanol–water partition coefficient (Wildman–Crippen LogP) is 2.22. The van der Waals surface area contributed by atoms with Crippen LogP contribution in [-0.2, 0) is 0 Å². The number of unbranched alkanes of at least 4 members (excludes halogenated alkanes) is 1. The van der Waals surface area contributed by atoms with Gasteiger partial charge in [-0.25, -0.2) is 4.98 Å². The Labute approximate surface area is 103 Å². The molecule has 0 aliphatic heterocycles. The van der Waals surface area contributed by atoms with Crippen molar-refractivity contribution in [2.75, 3.05) is 12.3 Å². The van der Waals surface area contributed by atoms with Crippen LogP contribution in [0.15, 0.2) is 18.3 Å². The summed E-state index contributed by atoms with van der Waals surface area (Å²) in [6, 6.07) is 3.32. The molecule has 0 aliphatic carbocycles. The van der Waals surface area contributed by atoms with Crippen LogP contribution >= 0.6 is 0 Å². The third-order valence-corrected chi connectivity index (χ3v) is 2.54. The highest BCUT2D eigenvalue weighted by Crippen LogP contribution is 2.05. The average Bonchev–Trinajstić information content (AvgIpc) is 2.29. The summed E-state index contributed by atoms with van der Waals surface area (Å²) in [6.45, 7) is 5.13. The summed E-state index contributed by atoms with van der Waals surface area (Å²) < 4.78 is 0. The fraction of sp³-hybridized carbons (Fsp3) is 0.538. The second-order valence-electron chi connectivity index (χ2n) is 4.62. The maximum absolute atomic E-state index is 11.7. The highest BCUT2D eigenvalue weighted by molar-refractivity contribution is 5.93. The van der Waals surface area contributed by atoms with Crippen LogP contribution in [0.1, 0.15) is 43.5 Å². The van der Waals surface area contributed by atoms with E-state index in [1.807, 2.05) is 0 Å². The molecule has 1 aromatic rings. The second kappa shape index (κ2) is 6.89. The number of nitrogen functional groups attached to an aromatic ring is 1. The summed E-state index contributed by atoms with van der Waals surface area (Å²) >= 11 is 0. The predicted molar refractivity (Wildman–Crippen MR) is 69.7 cm³/mol. The van der Waals surface area contributed by atoms with Gasteiger partial charge in [0.15, 0.2) is 0 Å². The van der Waals surface area contributed by atoms with Crippen molar-refractivity contribution in [1.82, 2.24) is 10.3 Å². The number of nitrogens with two attached hydrogens (primary N) is 1. The molecule has 1 amide bonds. The smallest absolute Gasteiger partial charge is 0.252 e. The Balaban J connectivity index is 2.23. The van der Waals surface area contributed by atoms with Crippen molar-refractivity contribution in [3.63, 3.8) is 0 Å². The Morgan fingerprint density at radius 2 is 2.18 bits per heavy atom. The zero-order valence-corrected chi connectivity index (χ0v) is 10.6. The maximum Gasteiger partial charge on any atom is 0.252 e. The quantitative estimate of drug-likeness (QED) is 0.743. The van der Waals surface area contributed by atoms with Crippen molar-refractivity contribution in [3.8, 4) is 0 Å². The molecule has 4 heteroatoms. The van der Waals surface area contributed by atoms with E-state index in [0.29, 0.717) is 11.4 Å². The lowest BCUT2D eigenvalue weighted by Gasteiger charge is -2.06. The molecule has 4 nitrogen and oxygen atoms in total. The Bertz CT molecular complexity index is 346. The number of hydrogen-bond donors (Lipinski definition) is 2. The number of aromatic nitrogens is 1. The van der Waals surface area contributed by atoms with E-state index in [4.69, 9.17) is 5.73 Å². The van der Waals surface area contributed by atoms with E-state index in [9.17, 15) is 4.79 Å². The number of amides is 1. The van der Waals surface area contributed by atoms with Gasteiger partial charge in [0.05, 0.1) is 5.56 Å². The first-order chi connectivity index (χ1) is 8.09. The van der Waals surface area contributed by atoms with Crippen LogP contribution in [0.2, 0.25) is 0 Å². The molecule has 0 atom stereocenters. The van der Waals surface area contributed by atoms with E-state index in [1.54, 1.807) is 12.1 Å². The first-order valence-electron chi connectivity index (χ1n) is 6.09. The fourth-order valence-corrected chi connectivity index (χ4v) is 1.52. The molecule has 1 heterocycles. The summed E-state index contributed by atoms with van der Waals surface area (Å²) in [5, 5.41) is 2.87. The third kappa shape index (κ3) is 5.33. The minimum Gasteiger partial charge on any atom is -0.384 e. The van der Waals surface area contributed by atoms with Gasteiger partial charge in [-0.05, 0) is 24.5 Å². The summed E-state index contributed by atoms with van der Waals surface area (Å²) in [5.41, 5.74) is 6.01. The van der Waals surface area contributed by atoms with E-state index < -0.39 is 0 Å². The first kappa shape index (κ1) is 13.5. The standard InChI is InChI=1S/C13H21N3O/c1-10(2)5-3-4-8-15-13(17)11-6-7-12(14)16-9-11/h6-7,9-10H,3-5,8H2,1-2H3,(H2,14,16)(H,15,17). The highest BCUT2D eigenvalue weighted by Gasteiger charge is 2.04. The maximum atomic E-state index is 11.7. The van der Waals surface area contributed by atoms with Crippen molar-refractivity contribution in [2.24, 2.45) is 5.92 Å². The van der Waals surface area contributed by atoms with E-state index in [0.717, 1.165) is 25.3 Å². The summed E-state index contributed by atoms with van der Waals surface area (Å²) in [6.07, 6.45) is 4.88. The number of carbonyl (C=O) groups is 1. The van der Waals surface area contributed by atoms with Crippen LogP contribution in [0.25, 0.3) is 0 Å². The molecule has 0 bridgehead atoms. The van der Waals surface area contributed by atoms with Gasteiger partial charge < -0.3 is 11.1 Å². The lowest BCUT2D eigenvalue weighted by Crippen LogP contribution is -2.24. The van der Waals surface area contributed by atoms with Gasteiger partial charge in [0, 0.05) is 12.7 Å². The zero-order chi connectivity index (χ0) is 12.7. The van der Waals surface area contributed by atoms with Gasteiger partial charge in [0.1, 0.15) is 5.82 Å². The fourth-order valence-electron chi connectivity index (χ4n) is 1.52. The Morgan fingerprint density at radius 1 is 1.41 bits per heavy atom. The first-order valence-corrected chi connectivity index (χ1v) is 6.09. The number of carbonyl (C=O) groups excluding carboxylic acids is 1. The normalized spacial score (nSPS) is 10.5. The number of nitrogens with zero attached hydrogens (tertiary/aromatic N) is 1. The number of pyridine rings is 1. The van der Waals surface area contributed by atoms with E-state index in [-0.39, 0.29) is 5.91 Å². The van der Waals surface area contributed by atoms with E-state index in [2.05, 4.69) is 24.1 Å². The van der Waals surface area contributed by atoms with Crippen molar-refractivity contribution in [2.45, 2.75) is 33.1 Å². The molecule has 94 valence electrons. The molecule has 0 saturated heterocycles. The second-order valence-corrected chi connectivity index (χ2v) is 4.62. The topological polar surface area (TPSA) is 68.0 Å². The van der Waals surface area contributed by atoms with Gasteiger partial charge in [-0.2, -0.15) is 0 Å². The molecule has 1 rings (SSSR count). The summed E-state index contributed by atoms with van der Waals surface area (Å²) in [5.74, 6) is 1.08. The molecule has 17 heavy (non-hydrogen) atoms. The molecule has 1 aromatic heterocycles. The SMILES string of the molecule is CC(C)CCCCNC(=O)c1ccc(N)nc1. The molecular formula is C13H21N3O. The Morgan fingerprint density at radius 3 is 2.76 bits per heavy atom. The van der Waals surface area contributed by atoms with Gasteiger partial charge in [0.2, 0.25) is 0 Å². The van der Waals surface area contributed by atoms with Gasteiger partial charge in [0.25, 0.3) is 5.91 Å². The van der Waals surface area contributed by atoms with Crippen molar-refractivity contribution >= 4 is 11.7 Å². The number of hydrogen-bond acceptors (Lipinski definition) is 3. The minimum atomic E-state index is -0.0814. The van der Waals surface area contributed by atoms with Crippen molar-refractivity contribution in [1.29, 1.82) is 0 Å². The molecule has 0 fully saturated rings. The van der Waals surface area contributed by atoms with Crippen LogP contribution in [0.4, 0.5) is 5.82 Å². The van der Waals surface area contributed by atoms with Gasteiger partial charge in [-0.15, -0.1) is 0 Å². The number of nitrogens with one attached hydrogen (secondary N) is 1. The van der Waals surface area contributed by atoms with Crippen LogP contribution in [-0.4, -0.2) is 17.4 Å². The summed E-state index contributed by atoms with van der Waals surface area (Å²) in [7, 11) is 0. The zero-order valence-electron chi connectivity index (χ0n) is 10.6. The monoisotopic (exact) mass is 235 g/mol. The van der Waals surface area contributed by atoms with Crippen LogP contribution in [0.3, 0.4) is 0 Å². The van der Waals surface area contributed by atoms with E-state index in [1.165, 1.54) is 12.6 Å². The Hall–Kier alpha value is -1.58. The summed E-state index contributed by atoms with van der Waals surface area (Å²) in [4.78, 5) is 15.5. The Kier molecular flexibility index (Phi) is 5.46. The molecule has 0 unspecified atom stereocenters. The molecule has 0 aliphatic rings. The van der Waals surface area contributed by atoms with Crippen LogP contribution < -0.4 is 11.1 Å². The number of rotatable bonds is 6. The molecule has 3 N–H and O–H groups in total. The lowest BCUT2D eigenvalue weighted by molar-refractivity contribution is 0.0952. The van der Waals surface area contributed by atoms with Crippen LogP contribution in [0.5, 0.6) is 0 Å². The average molecular weight is 235 g/mol. The third-order valence-electron chi connectivity index (χ3n) is 2.54. The lowest BCUT2D eigenvalue weighted by atomic mass is 10.1. The molecular weight excluding hydrogens is 214 g/mol. The minimum absolute atomic E-state index is 0.0814. The van der Waals surface area contributed by atoms with Gasteiger partial charge in [-0.3, -0.25) is 4.79 Å². The molecule has 0 spiro atoms. The molecule has 0 aromatic carbocycles.